The first kappa shape index (κ1) is 11.4. The Bertz CT molecular complexity index is 376. The molecule has 0 saturated heterocycles. The predicted molar refractivity (Wildman–Crippen MR) is 59.2 cm³/mol. The molecule has 80 valence electrons. The van der Waals surface area contributed by atoms with Crippen molar-refractivity contribution in [2.75, 3.05) is 6.54 Å². The Balaban J connectivity index is 3.19. The topological polar surface area (TPSA) is 29.1 Å². The normalized spacial score (nSPS) is 9.80. The second-order valence-electron chi connectivity index (χ2n) is 3.26. The van der Waals surface area contributed by atoms with Gasteiger partial charge in [0.2, 0.25) is 0 Å². The fraction of sp³-hybridized carbons (Fsp3) is 0.250. The van der Waals surface area contributed by atoms with Gasteiger partial charge in [-0.15, -0.1) is 0 Å². The highest BCUT2D eigenvalue weighted by Gasteiger charge is 2.14. The van der Waals surface area contributed by atoms with Crippen LogP contribution in [-0.2, 0) is 0 Å². The zero-order chi connectivity index (χ0) is 11.4. The number of carbonyl (C=O) groups excluding carboxylic acids is 1. The molecular weight excluding hydrogens is 193 g/mol. The van der Waals surface area contributed by atoms with Crippen LogP contribution in [0.4, 0.5) is 4.39 Å². The van der Waals surface area contributed by atoms with Crippen LogP contribution in [0.15, 0.2) is 18.7 Å². The van der Waals surface area contributed by atoms with Crippen LogP contribution in [0.5, 0.6) is 0 Å². The van der Waals surface area contributed by atoms with Crippen LogP contribution in [0, 0.1) is 12.7 Å². The summed E-state index contributed by atoms with van der Waals surface area (Å²) in [5.41, 5.74) is 1.41. The molecule has 0 heterocycles. The third-order valence-corrected chi connectivity index (χ3v) is 2.11. The second kappa shape index (κ2) is 4.73. The maximum absolute atomic E-state index is 13.6. The van der Waals surface area contributed by atoms with Crippen molar-refractivity contribution in [3.8, 4) is 0 Å². The van der Waals surface area contributed by atoms with Crippen molar-refractivity contribution in [2.45, 2.75) is 13.8 Å². The van der Waals surface area contributed by atoms with Gasteiger partial charge in [-0.25, -0.2) is 4.39 Å². The summed E-state index contributed by atoms with van der Waals surface area (Å²) in [4.78, 5) is 11.5. The number of halogens is 1. The van der Waals surface area contributed by atoms with Crippen molar-refractivity contribution in [1.29, 1.82) is 0 Å². The molecule has 1 amide bonds. The summed E-state index contributed by atoms with van der Waals surface area (Å²) in [7, 11) is 0. The summed E-state index contributed by atoms with van der Waals surface area (Å²) in [5, 5.41) is 2.58. The lowest BCUT2D eigenvalue weighted by molar-refractivity contribution is 0.0951. The first-order valence-electron chi connectivity index (χ1n) is 4.81. The SMILES string of the molecule is C=Cc1cc(C)c(C(=O)NCC)c(F)c1. The van der Waals surface area contributed by atoms with E-state index in [-0.39, 0.29) is 11.5 Å². The molecule has 0 bridgehead atoms. The van der Waals surface area contributed by atoms with Crippen LogP contribution >= 0.6 is 0 Å². The summed E-state index contributed by atoms with van der Waals surface area (Å²) in [6, 6.07) is 3.05. The van der Waals surface area contributed by atoms with Crippen LogP contribution in [0.1, 0.15) is 28.4 Å². The minimum atomic E-state index is -0.504. The Morgan fingerprint density at radius 1 is 1.60 bits per heavy atom. The van der Waals surface area contributed by atoms with Crippen molar-refractivity contribution in [3.05, 3.63) is 41.2 Å². The van der Waals surface area contributed by atoms with E-state index in [0.717, 1.165) is 0 Å². The van der Waals surface area contributed by atoms with E-state index in [1.54, 1.807) is 26.0 Å². The summed E-state index contributed by atoms with van der Waals surface area (Å²) in [5.74, 6) is -0.876. The molecule has 15 heavy (non-hydrogen) atoms. The van der Waals surface area contributed by atoms with Gasteiger partial charge in [0.05, 0.1) is 5.56 Å². The van der Waals surface area contributed by atoms with Gasteiger partial charge in [-0.3, -0.25) is 4.79 Å². The zero-order valence-corrected chi connectivity index (χ0v) is 8.93. The Kier molecular flexibility index (Phi) is 3.61. The number of hydrogen-bond acceptors (Lipinski definition) is 1. The Hall–Kier alpha value is -1.64. The van der Waals surface area contributed by atoms with Gasteiger partial charge in [0, 0.05) is 6.54 Å². The van der Waals surface area contributed by atoms with E-state index >= 15 is 0 Å². The first-order chi connectivity index (χ1) is 7.10. The van der Waals surface area contributed by atoms with Gasteiger partial charge < -0.3 is 5.32 Å². The second-order valence-corrected chi connectivity index (χ2v) is 3.26. The molecule has 3 heteroatoms. The maximum Gasteiger partial charge on any atom is 0.254 e. The number of hydrogen-bond donors (Lipinski definition) is 1. The molecule has 0 unspecified atom stereocenters. The highest BCUT2D eigenvalue weighted by Crippen LogP contribution is 2.16. The molecule has 0 aliphatic carbocycles. The van der Waals surface area contributed by atoms with E-state index in [0.29, 0.717) is 17.7 Å². The number of amides is 1. The van der Waals surface area contributed by atoms with Gasteiger partial charge in [0.15, 0.2) is 0 Å². The molecule has 1 rings (SSSR count). The number of nitrogens with one attached hydrogen (secondary N) is 1. The average Bonchev–Trinajstić information content (AvgIpc) is 2.16. The molecular formula is C12H14FNO. The van der Waals surface area contributed by atoms with Gasteiger partial charge in [-0.2, -0.15) is 0 Å². The fourth-order valence-corrected chi connectivity index (χ4v) is 1.43. The predicted octanol–water partition coefficient (Wildman–Crippen LogP) is 2.53. The molecule has 0 radical (unpaired) electrons. The van der Waals surface area contributed by atoms with Crippen molar-refractivity contribution < 1.29 is 9.18 Å². The van der Waals surface area contributed by atoms with Crippen molar-refractivity contribution >= 4 is 12.0 Å². The summed E-state index contributed by atoms with van der Waals surface area (Å²) in [6.07, 6.45) is 1.55. The minimum absolute atomic E-state index is 0.113. The summed E-state index contributed by atoms with van der Waals surface area (Å²) >= 11 is 0. The minimum Gasteiger partial charge on any atom is -0.352 e. The van der Waals surface area contributed by atoms with E-state index in [1.807, 2.05) is 0 Å². The molecule has 2 nitrogen and oxygen atoms in total. The van der Waals surface area contributed by atoms with Crippen molar-refractivity contribution in [1.82, 2.24) is 5.32 Å². The third-order valence-electron chi connectivity index (χ3n) is 2.11. The van der Waals surface area contributed by atoms with Gasteiger partial charge in [-0.05, 0) is 31.0 Å². The van der Waals surface area contributed by atoms with E-state index < -0.39 is 5.82 Å². The Morgan fingerprint density at radius 3 is 2.73 bits per heavy atom. The summed E-state index contributed by atoms with van der Waals surface area (Å²) in [6.45, 7) is 7.55. The fourth-order valence-electron chi connectivity index (χ4n) is 1.43. The molecule has 0 spiro atoms. The standard InChI is InChI=1S/C12H14FNO/c1-4-9-6-8(3)11(10(13)7-9)12(15)14-5-2/h4,6-7H,1,5H2,2-3H3,(H,14,15). The molecule has 1 aromatic carbocycles. The number of benzene rings is 1. The molecule has 1 N–H and O–H groups in total. The molecule has 0 aliphatic heterocycles. The van der Waals surface area contributed by atoms with Gasteiger partial charge in [0.1, 0.15) is 5.82 Å². The van der Waals surface area contributed by atoms with Gasteiger partial charge >= 0.3 is 0 Å². The smallest absolute Gasteiger partial charge is 0.254 e. The van der Waals surface area contributed by atoms with Crippen molar-refractivity contribution in [2.24, 2.45) is 0 Å². The van der Waals surface area contributed by atoms with Crippen LogP contribution in [-0.4, -0.2) is 12.5 Å². The third kappa shape index (κ3) is 2.43. The van der Waals surface area contributed by atoms with E-state index in [4.69, 9.17) is 0 Å². The largest absolute Gasteiger partial charge is 0.352 e. The molecule has 0 saturated carbocycles. The monoisotopic (exact) mass is 207 g/mol. The molecule has 0 aliphatic rings. The Morgan fingerprint density at radius 2 is 2.27 bits per heavy atom. The highest BCUT2D eigenvalue weighted by atomic mass is 19.1. The summed E-state index contributed by atoms with van der Waals surface area (Å²) < 4.78 is 13.6. The Labute approximate surface area is 88.8 Å². The number of aryl methyl sites for hydroxylation is 1. The lowest BCUT2D eigenvalue weighted by Crippen LogP contribution is -2.24. The van der Waals surface area contributed by atoms with Crippen LogP contribution < -0.4 is 5.32 Å². The lowest BCUT2D eigenvalue weighted by Gasteiger charge is -2.08. The zero-order valence-electron chi connectivity index (χ0n) is 8.93. The molecule has 0 atom stereocenters. The first-order valence-corrected chi connectivity index (χ1v) is 4.81. The van der Waals surface area contributed by atoms with Crippen LogP contribution in [0.2, 0.25) is 0 Å². The highest BCUT2D eigenvalue weighted by molar-refractivity contribution is 5.96. The molecule has 0 fully saturated rings. The van der Waals surface area contributed by atoms with E-state index in [2.05, 4.69) is 11.9 Å². The quantitative estimate of drug-likeness (QED) is 0.810. The number of carbonyl (C=O) groups is 1. The maximum atomic E-state index is 13.6. The average molecular weight is 207 g/mol. The molecule has 0 aromatic heterocycles. The van der Waals surface area contributed by atoms with Crippen LogP contribution in [0.3, 0.4) is 0 Å². The number of rotatable bonds is 3. The van der Waals surface area contributed by atoms with E-state index in [1.165, 1.54) is 6.07 Å². The van der Waals surface area contributed by atoms with Crippen LogP contribution in [0.25, 0.3) is 6.08 Å². The molecule has 1 aromatic rings. The van der Waals surface area contributed by atoms with E-state index in [9.17, 15) is 9.18 Å². The lowest BCUT2D eigenvalue weighted by atomic mass is 10.0. The van der Waals surface area contributed by atoms with Crippen molar-refractivity contribution in [3.63, 3.8) is 0 Å². The van der Waals surface area contributed by atoms with Gasteiger partial charge in [0.25, 0.3) is 5.91 Å². The van der Waals surface area contributed by atoms with Gasteiger partial charge in [-0.1, -0.05) is 18.7 Å².